The molecule has 8 heteroatoms. The summed E-state index contributed by atoms with van der Waals surface area (Å²) in [7, 11) is 0. The van der Waals surface area contributed by atoms with Crippen LogP contribution in [0.25, 0.3) is 10.2 Å². The third-order valence-corrected chi connectivity index (χ3v) is 5.34. The molecule has 1 unspecified atom stereocenters. The number of benzene rings is 1. The molecule has 1 aromatic heterocycles. The topological polar surface area (TPSA) is 97.7 Å². The lowest BCUT2D eigenvalue weighted by Crippen LogP contribution is -2.34. The molecule has 0 spiro atoms. The van der Waals surface area contributed by atoms with E-state index in [4.69, 9.17) is 4.74 Å². The molecule has 0 saturated carbocycles. The number of rotatable bonds is 3. The first kappa shape index (κ1) is 18.5. The lowest BCUT2D eigenvalue weighted by atomic mass is 9.82. The van der Waals surface area contributed by atoms with Gasteiger partial charge in [-0.05, 0) is 39.3 Å². The Morgan fingerprint density at radius 2 is 1.96 bits per heavy atom. The molecule has 1 aromatic carbocycles. The van der Waals surface area contributed by atoms with E-state index < -0.39 is 11.7 Å². The molecule has 7 nitrogen and oxygen atoms in total. The minimum absolute atomic E-state index is 0.195. The number of nitrogens with one attached hydrogen (secondary N) is 1. The summed E-state index contributed by atoms with van der Waals surface area (Å²) < 4.78 is 6.07. The van der Waals surface area contributed by atoms with Gasteiger partial charge in [0.15, 0.2) is 5.78 Å². The highest BCUT2D eigenvalue weighted by atomic mass is 32.1. The van der Waals surface area contributed by atoms with Gasteiger partial charge in [-0.15, -0.1) is 11.3 Å². The zero-order chi connectivity index (χ0) is 20.1. The quantitative estimate of drug-likeness (QED) is 0.854. The number of aliphatic imine (C=N–C) groups is 1. The molecule has 2 aliphatic rings. The van der Waals surface area contributed by atoms with Gasteiger partial charge in [-0.3, -0.25) is 14.6 Å². The Balaban J connectivity index is 1.52. The van der Waals surface area contributed by atoms with Crippen LogP contribution in [-0.2, 0) is 4.74 Å². The molecule has 1 aliphatic heterocycles. The molecule has 2 aromatic rings. The molecule has 1 N–H and O–H groups in total. The molecule has 0 radical (unpaired) electrons. The summed E-state index contributed by atoms with van der Waals surface area (Å²) in [6.45, 7) is 5.67. The maximum absolute atomic E-state index is 13.1. The summed E-state index contributed by atoms with van der Waals surface area (Å²) in [5.41, 5.74) is 3.18. The average Bonchev–Trinajstić information content (AvgIpc) is 3.23. The van der Waals surface area contributed by atoms with Crippen LogP contribution in [0.4, 0.5) is 4.79 Å². The van der Waals surface area contributed by atoms with E-state index in [0.717, 1.165) is 4.70 Å². The highest BCUT2D eigenvalue weighted by molar-refractivity contribution is 7.16. The fraction of sp³-hybridized carbons (Fsp3) is 0.350. The van der Waals surface area contributed by atoms with Crippen molar-refractivity contribution in [3.8, 4) is 0 Å². The number of hydrogen-bond donors (Lipinski definition) is 1. The van der Waals surface area contributed by atoms with Crippen molar-refractivity contribution in [3.05, 3.63) is 40.0 Å². The predicted molar refractivity (Wildman–Crippen MR) is 106 cm³/mol. The predicted octanol–water partition coefficient (Wildman–Crippen LogP) is 3.54. The lowest BCUT2D eigenvalue weighted by molar-refractivity contribution is 0.0526. The monoisotopic (exact) mass is 397 g/mol. The second kappa shape index (κ2) is 6.63. The lowest BCUT2D eigenvalue weighted by Gasteiger charge is -2.21. The van der Waals surface area contributed by atoms with Crippen molar-refractivity contribution in [2.75, 3.05) is 6.54 Å². The van der Waals surface area contributed by atoms with Gasteiger partial charge in [0, 0.05) is 35.4 Å². The second-order valence-corrected chi connectivity index (χ2v) is 8.63. The molecule has 0 fully saturated rings. The Hall–Kier alpha value is -2.87. The number of alkyl carbamates (subject to hydrolysis) is 1. The Morgan fingerprint density at radius 3 is 2.71 bits per heavy atom. The molecule has 28 heavy (non-hydrogen) atoms. The normalized spacial score (nSPS) is 18.5. The van der Waals surface area contributed by atoms with Crippen LogP contribution in [-0.4, -0.2) is 41.0 Å². The third kappa shape index (κ3) is 3.24. The first-order valence-electron chi connectivity index (χ1n) is 8.96. The highest BCUT2D eigenvalue weighted by Crippen LogP contribution is 2.37. The van der Waals surface area contributed by atoms with E-state index >= 15 is 0 Å². The van der Waals surface area contributed by atoms with Gasteiger partial charge in [-0.2, -0.15) is 0 Å². The van der Waals surface area contributed by atoms with Crippen LogP contribution in [0.2, 0.25) is 0 Å². The van der Waals surface area contributed by atoms with Gasteiger partial charge in [0.2, 0.25) is 5.78 Å². The number of thiazole rings is 1. The molecule has 0 bridgehead atoms. The van der Waals surface area contributed by atoms with E-state index in [2.05, 4.69) is 15.3 Å². The number of carbonyl (C=O) groups excluding carboxylic acids is 3. The van der Waals surface area contributed by atoms with Crippen molar-refractivity contribution < 1.29 is 19.1 Å². The third-order valence-electron chi connectivity index (χ3n) is 4.55. The second-order valence-electron chi connectivity index (χ2n) is 7.74. The van der Waals surface area contributed by atoms with E-state index in [0.29, 0.717) is 35.2 Å². The number of carbonyl (C=O) groups is 3. The SMILES string of the molecule is CC(C)(C)OC(=O)NCCC1C=NC2=C1C(=O)c1cc3ncsc3cc1C2=O. The zero-order valence-corrected chi connectivity index (χ0v) is 16.6. The number of fused-ring (bicyclic) bond motifs is 2. The maximum atomic E-state index is 13.1. The van der Waals surface area contributed by atoms with Gasteiger partial charge >= 0.3 is 6.09 Å². The van der Waals surface area contributed by atoms with Gasteiger partial charge < -0.3 is 10.1 Å². The van der Waals surface area contributed by atoms with Gasteiger partial charge in [-0.1, -0.05) is 0 Å². The number of aromatic nitrogens is 1. The fourth-order valence-electron chi connectivity index (χ4n) is 3.36. The van der Waals surface area contributed by atoms with Crippen LogP contribution >= 0.6 is 11.3 Å². The summed E-state index contributed by atoms with van der Waals surface area (Å²) >= 11 is 1.43. The Kier molecular flexibility index (Phi) is 4.38. The summed E-state index contributed by atoms with van der Waals surface area (Å²) in [5.74, 6) is -0.751. The van der Waals surface area contributed by atoms with Gasteiger partial charge in [0.1, 0.15) is 11.3 Å². The standard InChI is InChI=1S/C20H19N3O4S/c1-20(2,3)27-19(26)21-5-4-10-8-22-16-15(10)17(24)11-6-13-14(28-9-23-13)7-12(11)18(16)25/h6-10H,4-5H2,1-3H3,(H,21,26). The van der Waals surface area contributed by atoms with Crippen LogP contribution in [0.3, 0.4) is 0 Å². The number of allylic oxidation sites excluding steroid dienone is 2. The number of ether oxygens (including phenoxy) is 1. The number of Topliss-reactive ketones (excluding diaryl/α,β-unsaturated/α-hetero) is 2. The van der Waals surface area contributed by atoms with Crippen molar-refractivity contribution in [2.45, 2.75) is 32.8 Å². The van der Waals surface area contributed by atoms with Gasteiger partial charge in [0.05, 0.1) is 15.7 Å². The smallest absolute Gasteiger partial charge is 0.407 e. The molecule has 1 amide bonds. The number of hydrogen-bond acceptors (Lipinski definition) is 7. The molecule has 1 atom stereocenters. The van der Waals surface area contributed by atoms with Crippen LogP contribution in [0, 0.1) is 5.92 Å². The van der Waals surface area contributed by atoms with Crippen molar-refractivity contribution in [2.24, 2.45) is 10.9 Å². The molecule has 4 rings (SSSR count). The van der Waals surface area contributed by atoms with Crippen molar-refractivity contribution >= 4 is 45.4 Å². The van der Waals surface area contributed by atoms with E-state index in [1.807, 2.05) is 0 Å². The molecule has 1 aliphatic carbocycles. The maximum Gasteiger partial charge on any atom is 0.407 e. The summed E-state index contributed by atoms with van der Waals surface area (Å²) in [5, 5.41) is 2.68. The summed E-state index contributed by atoms with van der Waals surface area (Å²) in [6.07, 6.45) is 1.55. The summed E-state index contributed by atoms with van der Waals surface area (Å²) in [4.78, 5) is 46.2. The molecular formula is C20H19N3O4S. The Bertz CT molecular complexity index is 1070. The molecule has 144 valence electrons. The highest BCUT2D eigenvalue weighted by Gasteiger charge is 2.38. The van der Waals surface area contributed by atoms with Crippen LogP contribution < -0.4 is 5.32 Å². The van der Waals surface area contributed by atoms with E-state index in [9.17, 15) is 14.4 Å². The van der Waals surface area contributed by atoms with Crippen LogP contribution in [0.15, 0.2) is 33.9 Å². The van der Waals surface area contributed by atoms with Crippen molar-refractivity contribution in [1.82, 2.24) is 10.3 Å². The zero-order valence-electron chi connectivity index (χ0n) is 15.7. The van der Waals surface area contributed by atoms with Crippen LogP contribution in [0.5, 0.6) is 0 Å². The van der Waals surface area contributed by atoms with Gasteiger partial charge in [-0.25, -0.2) is 9.78 Å². The van der Waals surface area contributed by atoms with E-state index in [-0.39, 0.29) is 23.2 Å². The average molecular weight is 397 g/mol. The van der Waals surface area contributed by atoms with Crippen molar-refractivity contribution in [1.29, 1.82) is 0 Å². The number of ketones is 2. The first-order valence-corrected chi connectivity index (χ1v) is 9.84. The van der Waals surface area contributed by atoms with E-state index in [1.165, 1.54) is 11.3 Å². The van der Waals surface area contributed by atoms with Crippen LogP contribution in [0.1, 0.15) is 47.9 Å². The Morgan fingerprint density at radius 1 is 1.21 bits per heavy atom. The minimum Gasteiger partial charge on any atom is -0.444 e. The summed E-state index contributed by atoms with van der Waals surface area (Å²) in [6, 6.07) is 3.40. The molecular weight excluding hydrogens is 378 g/mol. The molecule has 2 heterocycles. The molecule has 0 saturated heterocycles. The van der Waals surface area contributed by atoms with E-state index in [1.54, 1.807) is 44.6 Å². The minimum atomic E-state index is -0.578. The first-order chi connectivity index (χ1) is 13.2. The largest absolute Gasteiger partial charge is 0.444 e. The van der Waals surface area contributed by atoms with Gasteiger partial charge in [0.25, 0.3) is 0 Å². The number of amides is 1. The Labute approximate surface area is 165 Å². The van der Waals surface area contributed by atoms with Crippen molar-refractivity contribution in [3.63, 3.8) is 0 Å². The number of nitrogens with zero attached hydrogens (tertiary/aromatic N) is 2. The fourth-order valence-corrected chi connectivity index (χ4v) is 4.05.